The van der Waals surface area contributed by atoms with Gasteiger partial charge in [-0.25, -0.2) is 0 Å². The Labute approximate surface area is 168 Å². The standard InChI is InChI=1S/C23H20N2O2S/c26-22(16-11-18-7-3-1-4-8-18)24-20-12-14-21(15-13-20)28-17-23(27)25-19-9-5-2-6-10-19/h1-16H,17H2,(H,24,26)(H,25,27)/b16-11+. The Hall–Kier alpha value is -3.31. The Balaban J connectivity index is 1.46. The summed E-state index contributed by atoms with van der Waals surface area (Å²) in [6.45, 7) is 0. The van der Waals surface area contributed by atoms with Gasteiger partial charge in [0.1, 0.15) is 0 Å². The predicted octanol–water partition coefficient (Wildman–Crippen LogP) is 5.07. The number of nitrogens with one attached hydrogen (secondary N) is 2. The van der Waals surface area contributed by atoms with E-state index in [0.717, 1.165) is 16.1 Å². The molecular formula is C23H20N2O2S. The number of anilines is 2. The number of carbonyl (C=O) groups is 2. The lowest BCUT2D eigenvalue weighted by Crippen LogP contribution is -2.13. The number of hydrogen-bond donors (Lipinski definition) is 2. The number of benzene rings is 3. The van der Waals surface area contributed by atoms with Crippen LogP contribution >= 0.6 is 11.8 Å². The molecule has 4 nitrogen and oxygen atoms in total. The van der Waals surface area contributed by atoms with Crippen molar-refractivity contribution in [2.75, 3.05) is 16.4 Å². The summed E-state index contributed by atoms with van der Waals surface area (Å²) in [5.41, 5.74) is 2.47. The zero-order valence-electron chi connectivity index (χ0n) is 15.2. The van der Waals surface area contributed by atoms with Crippen LogP contribution in [0.1, 0.15) is 5.56 Å². The maximum absolute atomic E-state index is 12.0. The minimum atomic E-state index is -0.188. The van der Waals surface area contributed by atoms with E-state index in [4.69, 9.17) is 0 Å². The van der Waals surface area contributed by atoms with E-state index in [1.807, 2.05) is 84.9 Å². The molecule has 0 aromatic heterocycles. The second kappa shape index (κ2) is 10.1. The third kappa shape index (κ3) is 6.45. The molecule has 0 aliphatic carbocycles. The van der Waals surface area contributed by atoms with Crippen molar-refractivity contribution in [1.82, 2.24) is 0 Å². The molecule has 3 rings (SSSR count). The molecule has 0 atom stereocenters. The molecule has 3 aromatic carbocycles. The Kier molecular flexibility index (Phi) is 7.04. The Morgan fingerprint density at radius 1 is 0.750 bits per heavy atom. The topological polar surface area (TPSA) is 58.2 Å². The van der Waals surface area contributed by atoms with Crippen LogP contribution in [0.15, 0.2) is 95.9 Å². The van der Waals surface area contributed by atoms with Crippen LogP contribution < -0.4 is 10.6 Å². The van der Waals surface area contributed by atoms with Gasteiger partial charge in [0.2, 0.25) is 11.8 Å². The summed E-state index contributed by atoms with van der Waals surface area (Å²) in [6, 6.07) is 26.4. The SMILES string of the molecule is O=C(/C=C/c1ccccc1)Nc1ccc(SCC(=O)Nc2ccccc2)cc1. The highest BCUT2D eigenvalue weighted by atomic mass is 32.2. The Bertz CT molecular complexity index is 939. The largest absolute Gasteiger partial charge is 0.325 e. The summed E-state index contributed by atoms with van der Waals surface area (Å²) in [5, 5.41) is 5.68. The molecule has 2 N–H and O–H groups in total. The van der Waals surface area contributed by atoms with Crippen LogP contribution in [0, 0.1) is 0 Å². The van der Waals surface area contributed by atoms with Gasteiger partial charge in [0, 0.05) is 22.3 Å². The smallest absolute Gasteiger partial charge is 0.248 e. The summed E-state index contributed by atoms with van der Waals surface area (Å²) in [4.78, 5) is 25.0. The predicted molar refractivity (Wildman–Crippen MR) is 116 cm³/mol. The van der Waals surface area contributed by atoms with Gasteiger partial charge in [-0.1, -0.05) is 48.5 Å². The van der Waals surface area contributed by atoms with Gasteiger partial charge in [0.25, 0.3) is 0 Å². The van der Waals surface area contributed by atoms with Crippen molar-refractivity contribution >= 4 is 41.0 Å². The highest BCUT2D eigenvalue weighted by Gasteiger charge is 2.04. The average Bonchev–Trinajstić information content (AvgIpc) is 2.73. The van der Waals surface area contributed by atoms with E-state index in [0.29, 0.717) is 11.4 Å². The highest BCUT2D eigenvalue weighted by molar-refractivity contribution is 8.00. The lowest BCUT2D eigenvalue weighted by molar-refractivity contribution is -0.114. The lowest BCUT2D eigenvalue weighted by atomic mass is 10.2. The number of para-hydroxylation sites is 1. The molecule has 0 unspecified atom stereocenters. The number of thioether (sulfide) groups is 1. The van der Waals surface area contributed by atoms with Gasteiger partial charge in [-0.3, -0.25) is 9.59 Å². The van der Waals surface area contributed by atoms with E-state index in [1.165, 1.54) is 17.8 Å². The number of carbonyl (C=O) groups excluding carboxylic acids is 2. The molecule has 5 heteroatoms. The van der Waals surface area contributed by atoms with E-state index in [-0.39, 0.29) is 11.8 Å². The molecule has 3 aromatic rings. The molecule has 0 aliphatic heterocycles. The van der Waals surface area contributed by atoms with Gasteiger partial charge in [0.05, 0.1) is 5.75 Å². The van der Waals surface area contributed by atoms with Gasteiger partial charge in [0.15, 0.2) is 0 Å². The molecule has 0 radical (unpaired) electrons. The van der Waals surface area contributed by atoms with Crippen LogP contribution in [0.4, 0.5) is 11.4 Å². The van der Waals surface area contributed by atoms with Crippen molar-refractivity contribution in [1.29, 1.82) is 0 Å². The summed E-state index contributed by atoms with van der Waals surface area (Å²) in [5.74, 6) is 0.0755. The zero-order valence-corrected chi connectivity index (χ0v) is 16.0. The molecule has 0 saturated carbocycles. The Morgan fingerprint density at radius 2 is 1.36 bits per heavy atom. The van der Waals surface area contributed by atoms with E-state index < -0.39 is 0 Å². The van der Waals surface area contributed by atoms with Crippen molar-refractivity contribution < 1.29 is 9.59 Å². The first-order valence-electron chi connectivity index (χ1n) is 8.81. The van der Waals surface area contributed by atoms with Crippen LogP contribution in [0.5, 0.6) is 0 Å². The van der Waals surface area contributed by atoms with Gasteiger partial charge in [-0.15, -0.1) is 11.8 Å². The average molecular weight is 388 g/mol. The third-order valence-corrected chi connectivity index (χ3v) is 4.79. The first-order chi connectivity index (χ1) is 13.7. The third-order valence-electron chi connectivity index (χ3n) is 3.78. The molecule has 2 amide bonds. The second-order valence-corrected chi connectivity index (χ2v) is 7.01. The summed E-state index contributed by atoms with van der Waals surface area (Å²) in [6.07, 6.45) is 3.27. The monoisotopic (exact) mass is 388 g/mol. The summed E-state index contributed by atoms with van der Waals surface area (Å²) < 4.78 is 0. The van der Waals surface area contributed by atoms with E-state index in [9.17, 15) is 9.59 Å². The quantitative estimate of drug-likeness (QED) is 0.439. The van der Waals surface area contributed by atoms with Gasteiger partial charge in [-0.05, 0) is 48.0 Å². The van der Waals surface area contributed by atoms with Crippen LogP contribution in [-0.4, -0.2) is 17.6 Å². The van der Waals surface area contributed by atoms with Crippen molar-refractivity contribution in [2.45, 2.75) is 4.90 Å². The van der Waals surface area contributed by atoms with E-state index in [1.54, 1.807) is 6.08 Å². The maximum Gasteiger partial charge on any atom is 0.248 e. The first kappa shape index (κ1) is 19.5. The molecule has 140 valence electrons. The van der Waals surface area contributed by atoms with Crippen LogP contribution in [0.25, 0.3) is 6.08 Å². The molecule has 0 fully saturated rings. The highest BCUT2D eigenvalue weighted by Crippen LogP contribution is 2.20. The molecule has 0 spiro atoms. The van der Waals surface area contributed by atoms with Gasteiger partial charge < -0.3 is 10.6 Å². The molecular weight excluding hydrogens is 368 g/mol. The van der Waals surface area contributed by atoms with E-state index in [2.05, 4.69) is 10.6 Å². The number of hydrogen-bond acceptors (Lipinski definition) is 3. The maximum atomic E-state index is 12.0. The summed E-state index contributed by atoms with van der Waals surface area (Å²) in [7, 11) is 0. The number of amides is 2. The van der Waals surface area contributed by atoms with Crippen LogP contribution in [0.3, 0.4) is 0 Å². The zero-order chi connectivity index (χ0) is 19.6. The molecule has 28 heavy (non-hydrogen) atoms. The van der Waals surface area contributed by atoms with Crippen molar-refractivity contribution in [3.05, 3.63) is 96.6 Å². The van der Waals surface area contributed by atoms with Crippen LogP contribution in [-0.2, 0) is 9.59 Å². The van der Waals surface area contributed by atoms with E-state index >= 15 is 0 Å². The second-order valence-electron chi connectivity index (χ2n) is 5.96. The molecule has 0 bridgehead atoms. The fourth-order valence-corrected chi connectivity index (χ4v) is 3.12. The minimum absolute atomic E-state index is 0.0559. The lowest BCUT2D eigenvalue weighted by Gasteiger charge is -2.06. The fourth-order valence-electron chi connectivity index (χ4n) is 2.42. The molecule has 0 aliphatic rings. The van der Waals surface area contributed by atoms with Gasteiger partial charge >= 0.3 is 0 Å². The first-order valence-corrected chi connectivity index (χ1v) is 9.79. The number of rotatable bonds is 7. The van der Waals surface area contributed by atoms with Crippen molar-refractivity contribution in [2.24, 2.45) is 0 Å². The van der Waals surface area contributed by atoms with Crippen LogP contribution in [0.2, 0.25) is 0 Å². The molecule has 0 saturated heterocycles. The van der Waals surface area contributed by atoms with Crippen molar-refractivity contribution in [3.8, 4) is 0 Å². The van der Waals surface area contributed by atoms with Crippen molar-refractivity contribution in [3.63, 3.8) is 0 Å². The normalized spacial score (nSPS) is 10.6. The van der Waals surface area contributed by atoms with Gasteiger partial charge in [-0.2, -0.15) is 0 Å². The molecule has 0 heterocycles. The minimum Gasteiger partial charge on any atom is -0.325 e. The summed E-state index contributed by atoms with van der Waals surface area (Å²) >= 11 is 1.44. The fraction of sp³-hybridized carbons (Fsp3) is 0.0435. The Morgan fingerprint density at radius 3 is 2.04 bits per heavy atom.